The van der Waals surface area contributed by atoms with Crippen molar-refractivity contribution in [1.29, 1.82) is 0 Å². The van der Waals surface area contributed by atoms with Crippen molar-refractivity contribution < 1.29 is 9.90 Å². The van der Waals surface area contributed by atoms with Crippen molar-refractivity contribution in [3.63, 3.8) is 0 Å². The predicted molar refractivity (Wildman–Crippen MR) is 105 cm³/mol. The van der Waals surface area contributed by atoms with Crippen molar-refractivity contribution in [1.82, 2.24) is 4.90 Å². The Morgan fingerprint density at radius 3 is 2.20 bits per heavy atom. The lowest BCUT2D eigenvalue weighted by Crippen LogP contribution is -2.56. The van der Waals surface area contributed by atoms with Crippen LogP contribution in [0.4, 0.5) is 10.5 Å². The fourth-order valence-electron chi connectivity index (χ4n) is 4.86. The molecule has 2 fully saturated rings. The number of amides is 1. The van der Waals surface area contributed by atoms with E-state index in [1.165, 1.54) is 5.69 Å². The van der Waals surface area contributed by atoms with Gasteiger partial charge in [-0.05, 0) is 60.3 Å². The zero-order valence-corrected chi connectivity index (χ0v) is 17.1. The highest BCUT2D eigenvalue weighted by atomic mass is 79.9. The molecule has 0 radical (unpaired) electrons. The normalized spacial score (nSPS) is 23.8. The topological polar surface area (TPSA) is 43.8 Å². The van der Waals surface area contributed by atoms with Crippen LogP contribution in [0, 0.1) is 16.7 Å². The lowest BCUT2D eigenvalue weighted by molar-refractivity contribution is -0.0373. The van der Waals surface area contributed by atoms with Crippen molar-refractivity contribution >= 4 is 27.7 Å². The van der Waals surface area contributed by atoms with Gasteiger partial charge in [0.1, 0.15) is 0 Å². The van der Waals surface area contributed by atoms with Gasteiger partial charge in [0.15, 0.2) is 0 Å². The highest BCUT2D eigenvalue weighted by Gasteiger charge is 2.49. The van der Waals surface area contributed by atoms with E-state index in [1.807, 2.05) is 0 Å². The Kier molecular flexibility index (Phi) is 5.06. The number of hydrogen-bond acceptors (Lipinski definition) is 2. The molecule has 1 N–H and O–H groups in total. The molecule has 0 saturated carbocycles. The lowest BCUT2D eigenvalue weighted by Gasteiger charge is -2.55. The molecule has 1 aromatic rings. The molecule has 1 aromatic carbocycles. The van der Waals surface area contributed by atoms with Crippen molar-refractivity contribution in [2.24, 2.45) is 16.7 Å². The van der Waals surface area contributed by atoms with Crippen LogP contribution in [0.2, 0.25) is 0 Å². The molecule has 1 unspecified atom stereocenters. The van der Waals surface area contributed by atoms with E-state index in [1.54, 1.807) is 4.90 Å². The SMILES string of the molecule is CC(C)(C)C1CN(C(=O)O)CCC12CCN(c1ccc(Br)cc1)CC2. The van der Waals surface area contributed by atoms with Gasteiger partial charge in [-0.1, -0.05) is 36.7 Å². The van der Waals surface area contributed by atoms with E-state index >= 15 is 0 Å². The highest BCUT2D eigenvalue weighted by Crippen LogP contribution is 2.52. The van der Waals surface area contributed by atoms with Crippen molar-refractivity contribution in [2.45, 2.75) is 40.0 Å². The molecule has 4 nitrogen and oxygen atoms in total. The Bertz CT molecular complexity index is 616. The fourth-order valence-corrected chi connectivity index (χ4v) is 5.13. The Morgan fingerprint density at radius 2 is 1.68 bits per heavy atom. The molecule has 25 heavy (non-hydrogen) atoms. The molecule has 138 valence electrons. The van der Waals surface area contributed by atoms with Gasteiger partial charge >= 0.3 is 6.09 Å². The smallest absolute Gasteiger partial charge is 0.407 e. The third kappa shape index (κ3) is 3.81. The molecule has 2 heterocycles. The van der Waals surface area contributed by atoms with E-state index in [0.717, 1.165) is 36.8 Å². The van der Waals surface area contributed by atoms with Gasteiger partial charge < -0.3 is 14.9 Å². The number of hydrogen-bond donors (Lipinski definition) is 1. The molecule has 0 aromatic heterocycles. The average Bonchev–Trinajstić information content (AvgIpc) is 2.55. The largest absolute Gasteiger partial charge is 0.465 e. The molecule has 2 saturated heterocycles. The zero-order chi connectivity index (χ0) is 18.2. The molecule has 2 aliphatic rings. The van der Waals surface area contributed by atoms with Crippen LogP contribution in [0.5, 0.6) is 0 Å². The van der Waals surface area contributed by atoms with E-state index in [-0.39, 0.29) is 10.8 Å². The van der Waals surface area contributed by atoms with E-state index in [0.29, 0.717) is 19.0 Å². The average molecular weight is 409 g/mol. The van der Waals surface area contributed by atoms with Gasteiger partial charge in [0.05, 0.1) is 0 Å². The maximum Gasteiger partial charge on any atom is 0.407 e. The van der Waals surface area contributed by atoms with Crippen LogP contribution in [-0.4, -0.2) is 42.3 Å². The lowest BCUT2D eigenvalue weighted by atomic mass is 9.57. The number of likely N-dealkylation sites (tertiary alicyclic amines) is 1. The third-order valence-electron chi connectivity index (χ3n) is 6.29. The summed E-state index contributed by atoms with van der Waals surface area (Å²) in [5.74, 6) is 0.414. The zero-order valence-electron chi connectivity index (χ0n) is 15.5. The van der Waals surface area contributed by atoms with E-state index in [4.69, 9.17) is 0 Å². The van der Waals surface area contributed by atoms with Gasteiger partial charge in [-0.3, -0.25) is 0 Å². The molecule has 0 bridgehead atoms. The van der Waals surface area contributed by atoms with E-state index in [9.17, 15) is 9.90 Å². The predicted octanol–water partition coefficient (Wildman–Crippen LogP) is 5.08. The van der Waals surface area contributed by atoms with Crippen LogP contribution < -0.4 is 4.90 Å². The minimum absolute atomic E-state index is 0.119. The first-order chi connectivity index (χ1) is 11.7. The second-order valence-corrected chi connectivity index (χ2v) is 9.64. The molecule has 5 heteroatoms. The van der Waals surface area contributed by atoms with Gasteiger partial charge in [0.25, 0.3) is 0 Å². The number of anilines is 1. The first kappa shape index (κ1) is 18.6. The molecule has 1 spiro atoms. The Hall–Kier alpha value is -1.23. The number of carbonyl (C=O) groups is 1. The standard InChI is InChI=1S/C20H29BrN2O2/c1-19(2,3)17-14-23(18(24)25)13-10-20(17)8-11-22(12-9-20)16-6-4-15(21)5-7-16/h4-7,17H,8-14H2,1-3H3,(H,24,25). The monoisotopic (exact) mass is 408 g/mol. The maximum absolute atomic E-state index is 11.5. The quantitative estimate of drug-likeness (QED) is 0.704. The van der Waals surface area contributed by atoms with Crippen LogP contribution in [0.3, 0.4) is 0 Å². The number of piperidine rings is 2. The molecule has 2 aliphatic heterocycles. The molecule has 1 atom stereocenters. The minimum atomic E-state index is -0.767. The minimum Gasteiger partial charge on any atom is -0.465 e. The molecular formula is C20H29BrN2O2. The van der Waals surface area contributed by atoms with Crippen molar-refractivity contribution in [3.8, 4) is 0 Å². The van der Waals surface area contributed by atoms with E-state index in [2.05, 4.69) is 65.9 Å². The summed E-state index contributed by atoms with van der Waals surface area (Å²) < 4.78 is 1.11. The summed E-state index contributed by atoms with van der Waals surface area (Å²) in [7, 11) is 0. The highest BCUT2D eigenvalue weighted by molar-refractivity contribution is 9.10. The second-order valence-electron chi connectivity index (χ2n) is 8.72. The molecule has 0 aliphatic carbocycles. The van der Waals surface area contributed by atoms with Gasteiger partial charge in [-0.25, -0.2) is 4.79 Å². The Balaban J connectivity index is 1.75. The molecule has 3 rings (SSSR count). The number of rotatable bonds is 1. The van der Waals surface area contributed by atoms with Crippen LogP contribution in [0.1, 0.15) is 40.0 Å². The van der Waals surface area contributed by atoms with E-state index < -0.39 is 6.09 Å². The van der Waals surface area contributed by atoms with Crippen LogP contribution in [0.25, 0.3) is 0 Å². The third-order valence-corrected chi connectivity index (χ3v) is 6.82. The number of nitrogens with zero attached hydrogens (tertiary/aromatic N) is 2. The summed E-state index contributed by atoms with van der Waals surface area (Å²) in [5.41, 5.74) is 1.68. The first-order valence-electron chi connectivity index (χ1n) is 9.20. The summed E-state index contributed by atoms with van der Waals surface area (Å²) in [5, 5.41) is 9.44. The van der Waals surface area contributed by atoms with Gasteiger partial charge in [0.2, 0.25) is 0 Å². The van der Waals surface area contributed by atoms with Gasteiger partial charge in [-0.2, -0.15) is 0 Å². The van der Waals surface area contributed by atoms with Gasteiger partial charge in [0, 0.05) is 36.3 Å². The molecule has 1 amide bonds. The van der Waals surface area contributed by atoms with Crippen LogP contribution in [-0.2, 0) is 0 Å². The maximum atomic E-state index is 11.5. The second kappa shape index (κ2) is 6.82. The molecular weight excluding hydrogens is 380 g/mol. The van der Waals surface area contributed by atoms with Crippen LogP contribution >= 0.6 is 15.9 Å². The summed E-state index contributed by atoms with van der Waals surface area (Å²) in [6, 6.07) is 8.55. The van der Waals surface area contributed by atoms with Crippen molar-refractivity contribution in [3.05, 3.63) is 28.7 Å². The Labute approximate surface area is 159 Å². The number of benzene rings is 1. The van der Waals surface area contributed by atoms with Crippen LogP contribution in [0.15, 0.2) is 28.7 Å². The summed E-state index contributed by atoms with van der Waals surface area (Å²) in [6.45, 7) is 10.3. The van der Waals surface area contributed by atoms with Gasteiger partial charge in [-0.15, -0.1) is 0 Å². The Morgan fingerprint density at radius 1 is 1.12 bits per heavy atom. The van der Waals surface area contributed by atoms with Crippen molar-refractivity contribution in [2.75, 3.05) is 31.1 Å². The summed E-state index contributed by atoms with van der Waals surface area (Å²) in [4.78, 5) is 15.6. The summed E-state index contributed by atoms with van der Waals surface area (Å²) >= 11 is 3.50. The first-order valence-corrected chi connectivity index (χ1v) is 9.99. The fraction of sp³-hybridized carbons (Fsp3) is 0.650. The summed E-state index contributed by atoms with van der Waals surface area (Å²) in [6.07, 6.45) is 2.53. The number of carboxylic acid groups (broad SMARTS) is 1. The number of halogens is 1.